The van der Waals surface area contributed by atoms with E-state index in [2.05, 4.69) is 35.6 Å². The SMILES string of the molecule is COC(=O)N1CC(n2nnc(-c3ccc(C)c(NC(=O)c4cnn5ccc(N6CCN(C7COC7)CC6)cc45)c3)n2)C1. The first-order valence-electron chi connectivity index (χ1n) is 14.1. The lowest BCUT2D eigenvalue weighted by Crippen LogP contribution is -2.56. The van der Waals surface area contributed by atoms with Gasteiger partial charge in [-0.1, -0.05) is 12.1 Å². The summed E-state index contributed by atoms with van der Waals surface area (Å²) in [5.74, 6) is 0.193. The zero-order valence-electron chi connectivity index (χ0n) is 23.5. The van der Waals surface area contributed by atoms with Crippen molar-refractivity contribution in [3.05, 3.63) is 53.9 Å². The van der Waals surface area contributed by atoms with E-state index in [4.69, 9.17) is 9.47 Å². The van der Waals surface area contributed by atoms with Crippen LogP contribution in [-0.2, 0) is 9.47 Å². The molecule has 2 amide bonds. The third-order valence-electron chi connectivity index (χ3n) is 8.36. The number of pyridine rings is 1. The Morgan fingerprint density at radius 3 is 2.60 bits per heavy atom. The molecule has 4 aromatic rings. The van der Waals surface area contributed by atoms with Gasteiger partial charge in [0.25, 0.3) is 5.91 Å². The molecule has 0 radical (unpaired) electrons. The second kappa shape index (κ2) is 10.7. The van der Waals surface area contributed by atoms with Crippen LogP contribution in [0.15, 0.2) is 42.7 Å². The van der Waals surface area contributed by atoms with Gasteiger partial charge in [0.05, 0.1) is 56.7 Å². The molecule has 1 aromatic carbocycles. The van der Waals surface area contributed by atoms with Crippen molar-refractivity contribution in [2.24, 2.45) is 0 Å². The van der Waals surface area contributed by atoms with Gasteiger partial charge < -0.3 is 24.6 Å². The Balaban J connectivity index is 1.05. The molecule has 1 N–H and O–H groups in total. The Kier molecular flexibility index (Phi) is 6.70. The number of likely N-dealkylation sites (tertiary alicyclic amines) is 1. The van der Waals surface area contributed by atoms with E-state index >= 15 is 0 Å². The lowest BCUT2D eigenvalue weighted by Gasteiger charge is -2.43. The molecule has 218 valence electrons. The number of nitrogens with zero attached hydrogens (tertiary/aromatic N) is 9. The van der Waals surface area contributed by atoms with E-state index in [-0.39, 0.29) is 18.0 Å². The molecule has 6 heterocycles. The summed E-state index contributed by atoms with van der Waals surface area (Å²) in [7, 11) is 1.36. The first-order chi connectivity index (χ1) is 20.5. The normalized spacial score (nSPS) is 18.1. The Morgan fingerprint density at radius 2 is 1.86 bits per heavy atom. The van der Waals surface area contributed by atoms with Gasteiger partial charge in [0.2, 0.25) is 5.82 Å². The number of benzene rings is 1. The van der Waals surface area contributed by atoms with Crippen molar-refractivity contribution < 1.29 is 19.1 Å². The maximum Gasteiger partial charge on any atom is 0.409 e. The molecule has 0 aliphatic carbocycles. The zero-order valence-corrected chi connectivity index (χ0v) is 23.5. The third kappa shape index (κ3) is 4.81. The van der Waals surface area contributed by atoms with Gasteiger partial charge in [-0.3, -0.25) is 9.69 Å². The van der Waals surface area contributed by atoms with E-state index in [0.717, 1.165) is 61.7 Å². The van der Waals surface area contributed by atoms with Crippen molar-refractivity contribution in [1.29, 1.82) is 0 Å². The number of tetrazole rings is 1. The van der Waals surface area contributed by atoms with Gasteiger partial charge in [-0.25, -0.2) is 9.31 Å². The highest BCUT2D eigenvalue weighted by atomic mass is 16.5. The van der Waals surface area contributed by atoms with Crippen LogP contribution < -0.4 is 10.2 Å². The highest BCUT2D eigenvalue weighted by Gasteiger charge is 2.34. The number of hydrogen-bond donors (Lipinski definition) is 1. The number of methoxy groups -OCH3 is 1. The number of hydrogen-bond acceptors (Lipinski definition) is 10. The van der Waals surface area contributed by atoms with Gasteiger partial charge >= 0.3 is 6.09 Å². The van der Waals surface area contributed by atoms with Gasteiger partial charge in [-0.05, 0) is 35.9 Å². The van der Waals surface area contributed by atoms with Gasteiger partial charge in [0.1, 0.15) is 6.04 Å². The maximum absolute atomic E-state index is 13.5. The van der Waals surface area contributed by atoms with E-state index in [1.807, 2.05) is 43.5 Å². The number of ether oxygens (including phenoxy) is 2. The summed E-state index contributed by atoms with van der Waals surface area (Å²) in [6, 6.07) is 10.2. The van der Waals surface area contributed by atoms with Crippen molar-refractivity contribution in [3.63, 3.8) is 0 Å². The Hall–Kier alpha value is -4.56. The average molecular weight is 573 g/mol. The second-order valence-electron chi connectivity index (χ2n) is 10.9. The van der Waals surface area contributed by atoms with Crippen LogP contribution >= 0.6 is 0 Å². The van der Waals surface area contributed by atoms with E-state index in [1.54, 1.807) is 15.6 Å². The van der Waals surface area contributed by atoms with Gasteiger partial charge in [-0.2, -0.15) is 9.90 Å². The Labute approximate surface area is 241 Å². The molecule has 0 atom stereocenters. The Bertz CT molecular complexity index is 1630. The summed E-state index contributed by atoms with van der Waals surface area (Å²) < 4.78 is 11.8. The van der Waals surface area contributed by atoms with Crippen LogP contribution in [0.4, 0.5) is 16.2 Å². The van der Waals surface area contributed by atoms with E-state index in [1.165, 1.54) is 11.9 Å². The van der Waals surface area contributed by atoms with Crippen LogP contribution in [-0.4, -0.2) is 117 Å². The number of piperazine rings is 1. The smallest absolute Gasteiger partial charge is 0.409 e. The lowest BCUT2D eigenvalue weighted by molar-refractivity contribution is -0.0660. The van der Waals surface area contributed by atoms with Crippen LogP contribution in [0.3, 0.4) is 0 Å². The highest BCUT2D eigenvalue weighted by Crippen LogP contribution is 2.27. The van der Waals surface area contributed by atoms with Crippen LogP contribution in [0.5, 0.6) is 0 Å². The number of aromatic nitrogens is 6. The molecular formula is C28H32N10O4. The van der Waals surface area contributed by atoms with E-state index < -0.39 is 0 Å². The van der Waals surface area contributed by atoms with Crippen LogP contribution in [0.25, 0.3) is 16.9 Å². The van der Waals surface area contributed by atoms with E-state index in [9.17, 15) is 9.59 Å². The van der Waals surface area contributed by atoms with Crippen molar-refractivity contribution in [1.82, 2.24) is 39.6 Å². The van der Waals surface area contributed by atoms with Crippen LogP contribution in [0.2, 0.25) is 0 Å². The number of amides is 2. The molecule has 3 fully saturated rings. The predicted molar refractivity (Wildman–Crippen MR) is 153 cm³/mol. The topological polar surface area (TPSA) is 135 Å². The minimum absolute atomic E-state index is 0.0586. The minimum Gasteiger partial charge on any atom is -0.453 e. The fourth-order valence-corrected chi connectivity index (χ4v) is 5.58. The number of nitrogens with one attached hydrogen (secondary N) is 1. The number of fused-ring (bicyclic) bond motifs is 1. The average Bonchev–Trinajstić information content (AvgIpc) is 3.60. The summed E-state index contributed by atoms with van der Waals surface area (Å²) >= 11 is 0. The molecule has 0 spiro atoms. The number of aryl methyl sites for hydroxylation is 1. The summed E-state index contributed by atoms with van der Waals surface area (Å²) in [4.78, 5) is 33.1. The Morgan fingerprint density at radius 1 is 1.05 bits per heavy atom. The first kappa shape index (κ1) is 26.3. The lowest BCUT2D eigenvalue weighted by atomic mass is 10.1. The van der Waals surface area contributed by atoms with Crippen molar-refractivity contribution in [3.8, 4) is 11.4 Å². The van der Waals surface area contributed by atoms with Crippen molar-refractivity contribution in [2.45, 2.75) is 19.0 Å². The largest absolute Gasteiger partial charge is 0.453 e. The first-order valence-corrected chi connectivity index (χ1v) is 14.1. The molecule has 14 nitrogen and oxygen atoms in total. The quantitative estimate of drug-likeness (QED) is 0.364. The molecule has 7 rings (SSSR count). The van der Waals surface area contributed by atoms with Crippen molar-refractivity contribution in [2.75, 3.05) is 69.8 Å². The molecule has 14 heteroatoms. The molecule has 0 unspecified atom stereocenters. The highest BCUT2D eigenvalue weighted by molar-refractivity contribution is 6.09. The third-order valence-corrected chi connectivity index (χ3v) is 8.36. The molecule has 3 saturated heterocycles. The molecule has 3 aliphatic rings. The molecule has 0 saturated carbocycles. The summed E-state index contributed by atoms with van der Waals surface area (Å²) in [6.07, 6.45) is 3.14. The number of carbonyl (C=O) groups excluding carboxylic acids is 2. The summed E-state index contributed by atoms with van der Waals surface area (Å²) in [5, 5.41) is 20.4. The van der Waals surface area contributed by atoms with Gasteiger partial charge in [0, 0.05) is 49.3 Å². The zero-order chi connectivity index (χ0) is 28.8. The molecule has 3 aromatic heterocycles. The van der Waals surface area contributed by atoms with Gasteiger partial charge in [-0.15, -0.1) is 10.2 Å². The number of rotatable bonds is 6. The fraction of sp³-hybridized carbons (Fsp3) is 0.429. The fourth-order valence-electron chi connectivity index (χ4n) is 5.58. The minimum atomic E-state index is -0.370. The molecule has 3 aliphatic heterocycles. The maximum atomic E-state index is 13.5. The number of anilines is 2. The number of carbonyl (C=O) groups is 2. The monoisotopic (exact) mass is 572 g/mol. The second-order valence-corrected chi connectivity index (χ2v) is 10.9. The summed E-state index contributed by atoms with van der Waals surface area (Å²) in [5.41, 5.74) is 4.60. The molecular weight excluding hydrogens is 540 g/mol. The van der Waals surface area contributed by atoms with Gasteiger partial charge in [0.15, 0.2) is 0 Å². The predicted octanol–water partition coefficient (Wildman–Crippen LogP) is 1.69. The molecule has 0 bridgehead atoms. The van der Waals surface area contributed by atoms with Crippen LogP contribution in [0.1, 0.15) is 22.0 Å². The van der Waals surface area contributed by atoms with Crippen molar-refractivity contribution >= 4 is 28.9 Å². The standard InChI is InChI=1S/C28H32N10O4/c1-18-3-4-19(26-31-33-38(32-26)21-14-36(15-21)28(40)41-2)11-24(18)30-27(39)23-13-29-37-6-5-20(12-25(23)37)34-7-9-35(10-8-34)22-16-42-17-22/h3-6,11-13,21-22H,7-10,14-17H2,1-2H3,(H,30,39). The summed E-state index contributed by atoms with van der Waals surface area (Å²) in [6.45, 7) is 8.37. The van der Waals surface area contributed by atoms with Crippen LogP contribution in [0, 0.1) is 6.92 Å². The van der Waals surface area contributed by atoms with E-state index in [0.29, 0.717) is 36.2 Å². The molecule has 42 heavy (non-hydrogen) atoms.